The van der Waals surface area contributed by atoms with Gasteiger partial charge in [-0.1, -0.05) is 19.1 Å². The molecular weight excluding hydrogens is 326 g/mol. The average molecular weight is 353 g/mol. The zero-order valence-electron chi connectivity index (χ0n) is 16.0. The highest BCUT2D eigenvalue weighted by Gasteiger charge is 2.38. The number of amides is 2. The molecule has 0 unspecified atom stereocenters. The fourth-order valence-corrected chi connectivity index (χ4v) is 2.63. The summed E-state index contributed by atoms with van der Waals surface area (Å²) in [6, 6.07) is 11.5. The summed E-state index contributed by atoms with van der Waals surface area (Å²) in [6.45, 7) is 5.95. The average Bonchev–Trinajstić information content (AvgIpc) is 2.66. The van der Waals surface area contributed by atoms with Gasteiger partial charge in [0.25, 0.3) is 0 Å². The minimum Gasteiger partial charge on any atom is -0.345 e. The van der Waals surface area contributed by atoms with Crippen LogP contribution in [0.3, 0.4) is 0 Å². The second kappa shape index (κ2) is 8.61. The van der Waals surface area contributed by atoms with Crippen molar-refractivity contribution >= 4 is 17.5 Å². The third-order valence-corrected chi connectivity index (χ3v) is 4.55. The fraction of sp³-hybridized carbons (Fsp3) is 0.381. The monoisotopic (exact) mass is 353 g/mol. The molecule has 5 heteroatoms. The van der Waals surface area contributed by atoms with Crippen molar-refractivity contribution in [1.82, 2.24) is 9.88 Å². The molecule has 0 atom stereocenters. The summed E-state index contributed by atoms with van der Waals surface area (Å²) in [5.41, 5.74) is 1.87. The molecule has 0 aliphatic rings. The van der Waals surface area contributed by atoms with Gasteiger partial charge in [-0.25, -0.2) is 0 Å². The van der Waals surface area contributed by atoms with Crippen LogP contribution in [0.4, 0.5) is 5.69 Å². The Bertz CT molecular complexity index is 740. The quantitative estimate of drug-likeness (QED) is 0.777. The van der Waals surface area contributed by atoms with Crippen LogP contribution >= 0.6 is 0 Å². The summed E-state index contributed by atoms with van der Waals surface area (Å²) in [4.78, 5) is 31.0. The van der Waals surface area contributed by atoms with Gasteiger partial charge in [0.1, 0.15) is 5.41 Å². The summed E-state index contributed by atoms with van der Waals surface area (Å²) in [5, 5.41) is 2.85. The van der Waals surface area contributed by atoms with Crippen LogP contribution in [-0.4, -0.2) is 35.3 Å². The number of carbonyl (C=O) groups excluding carboxylic acids is 2. The van der Waals surface area contributed by atoms with E-state index in [0.717, 1.165) is 18.4 Å². The number of nitrogens with one attached hydrogen (secondary N) is 1. The van der Waals surface area contributed by atoms with Crippen LogP contribution in [0.15, 0.2) is 48.8 Å². The second-order valence-electron chi connectivity index (χ2n) is 6.96. The molecule has 0 saturated heterocycles. The number of rotatable bonds is 7. The molecule has 0 radical (unpaired) electrons. The lowest BCUT2D eigenvalue weighted by Gasteiger charge is -2.28. The summed E-state index contributed by atoms with van der Waals surface area (Å²) in [7, 11) is 1.73. The first-order valence-electron chi connectivity index (χ1n) is 8.89. The van der Waals surface area contributed by atoms with Crippen molar-refractivity contribution in [3.05, 3.63) is 59.9 Å². The number of carbonyl (C=O) groups is 2. The molecule has 2 amide bonds. The molecule has 0 saturated carbocycles. The lowest BCUT2D eigenvalue weighted by atomic mass is 9.90. The van der Waals surface area contributed by atoms with Crippen LogP contribution in [-0.2, 0) is 22.4 Å². The third-order valence-electron chi connectivity index (χ3n) is 4.55. The molecule has 2 aromatic rings. The Labute approximate surface area is 155 Å². The number of hydrogen-bond donors (Lipinski definition) is 1. The van der Waals surface area contributed by atoms with E-state index in [0.29, 0.717) is 12.2 Å². The maximum atomic E-state index is 12.8. The van der Waals surface area contributed by atoms with Gasteiger partial charge in [-0.05, 0) is 62.1 Å². The Morgan fingerprint density at radius 1 is 1.04 bits per heavy atom. The van der Waals surface area contributed by atoms with E-state index < -0.39 is 5.41 Å². The van der Waals surface area contributed by atoms with Gasteiger partial charge in [0.05, 0.1) is 0 Å². The summed E-state index contributed by atoms with van der Waals surface area (Å²) < 4.78 is 0. The first-order valence-corrected chi connectivity index (χ1v) is 8.89. The number of anilines is 1. The Kier molecular flexibility index (Phi) is 6.50. The topological polar surface area (TPSA) is 62.3 Å². The van der Waals surface area contributed by atoms with Crippen molar-refractivity contribution in [1.29, 1.82) is 0 Å². The van der Waals surface area contributed by atoms with E-state index in [-0.39, 0.29) is 11.8 Å². The highest BCUT2D eigenvalue weighted by molar-refractivity contribution is 6.09. The highest BCUT2D eigenvalue weighted by Crippen LogP contribution is 2.22. The van der Waals surface area contributed by atoms with Gasteiger partial charge >= 0.3 is 0 Å². The van der Waals surface area contributed by atoms with Gasteiger partial charge in [-0.2, -0.15) is 0 Å². The Morgan fingerprint density at radius 3 is 2.23 bits per heavy atom. The molecule has 1 aromatic carbocycles. The van der Waals surface area contributed by atoms with Crippen LogP contribution in [0.25, 0.3) is 0 Å². The minimum absolute atomic E-state index is 0.200. The van der Waals surface area contributed by atoms with Gasteiger partial charge in [0, 0.05) is 31.7 Å². The Hall–Kier alpha value is -2.69. The highest BCUT2D eigenvalue weighted by atomic mass is 16.2. The van der Waals surface area contributed by atoms with Gasteiger partial charge in [-0.15, -0.1) is 0 Å². The zero-order valence-corrected chi connectivity index (χ0v) is 16.0. The molecule has 26 heavy (non-hydrogen) atoms. The van der Waals surface area contributed by atoms with Crippen LogP contribution in [0, 0.1) is 5.41 Å². The Morgan fingerprint density at radius 2 is 1.65 bits per heavy atom. The van der Waals surface area contributed by atoms with Crippen LogP contribution in [0.5, 0.6) is 0 Å². The largest absolute Gasteiger partial charge is 0.345 e. The molecule has 138 valence electrons. The van der Waals surface area contributed by atoms with E-state index in [2.05, 4.69) is 17.2 Å². The van der Waals surface area contributed by atoms with Gasteiger partial charge in [0.15, 0.2) is 0 Å². The van der Waals surface area contributed by atoms with Gasteiger partial charge < -0.3 is 10.2 Å². The molecule has 0 spiro atoms. The van der Waals surface area contributed by atoms with Crippen LogP contribution in [0.2, 0.25) is 0 Å². The molecule has 1 heterocycles. The van der Waals surface area contributed by atoms with E-state index in [1.165, 1.54) is 5.56 Å². The molecule has 1 N–H and O–H groups in total. The Balaban J connectivity index is 1.96. The molecule has 0 aliphatic carbocycles. The van der Waals surface area contributed by atoms with Crippen molar-refractivity contribution in [2.75, 3.05) is 18.9 Å². The number of nitrogens with zero attached hydrogens (tertiary/aromatic N) is 2. The standard InChI is InChI=1S/C21H27N3O2/c1-5-16-6-8-18(9-7-16)23-19(25)21(2,3)20(26)24(4)15-12-17-10-13-22-14-11-17/h6-11,13-14H,5,12,15H2,1-4H3,(H,23,25). The summed E-state index contributed by atoms with van der Waals surface area (Å²) >= 11 is 0. The number of hydrogen-bond acceptors (Lipinski definition) is 3. The van der Waals surface area contributed by atoms with E-state index in [4.69, 9.17) is 0 Å². The summed E-state index contributed by atoms with van der Waals surface area (Å²) in [6.07, 6.45) is 5.14. The number of benzene rings is 1. The molecule has 1 aromatic heterocycles. The smallest absolute Gasteiger partial charge is 0.239 e. The first-order chi connectivity index (χ1) is 12.3. The van der Waals surface area contributed by atoms with Gasteiger partial charge in [0.2, 0.25) is 11.8 Å². The van der Waals surface area contributed by atoms with Crippen LogP contribution < -0.4 is 5.32 Å². The van der Waals surface area contributed by atoms with Crippen molar-refractivity contribution in [2.24, 2.45) is 5.41 Å². The van der Waals surface area contributed by atoms with Crippen molar-refractivity contribution in [2.45, 2.75) is 33.6 Å². The zero-order chi connectivity index (χ0) is 19.2. The predicted molar refractivity (Wildman–Crippen MR) is 104 cm³/mol. The van der Waals surface area contributed by atoms with E-state index >= 15 is 0 Å². The second-order valence-corrected chi connectivity index (χ2v) is 6.96. The van der Waals surface area contributed by atoms with Crippen molar-refractivity contribution in [3.8, 4) is 0 Å². The maximum absolute atomic E-state index is 12.8. The number of likely N-dealkylation sites (N-methyl/N-ethyl adjacent to an activating group) is 1. The van der Waals surface area contributed by atoms with Gasteiger partial charge in [-0.3, -0.25) is 14.6 Å². The lowest BCUT2D eigenvalue weighted by molar-refractivity contribution is -0.145. The minimum atomic E-state index is -1.14. The number of aromatic nitrogens is 1. The third kappa shape index (κ3) is 4.91. The predicted octanol–water partition coefficient (Wildman–Crippen LogP) is 3.31. The molecule has 0 fully saturated rings. The van der Waals surface area contributed by atoms with E-state index in [1.54, 1.807) is 38.2 Å². The van der Waals surface area contributed by atoms with Crippen LogP contribution in [0.1, 0.15) is 31.9 Å². The lowest BCUT2D eigenvalue weighted by Crippen LogP contribution is -2.46. The normalized spacial score (nSPS) is 11.1. The molecule has 0 aliphatic heterocycles. The first kappa shape index (κ1) is 19.6. The fourth-order valence-electron chi connectivity index (χ4n) is 2.63. The van der Waals surface area contributed by atoms with Crippen molar-refractivity contribution < 1.29 is 9.59 Å². The maximum Gasteiger partial charge on any atom is 0.239 e. The van der Waals surface area contributed by atoms with E-state index in [1.807, 2.05) is 36.4 Å². The molecule has 5 nitrogen and oxygen atoms in total. The molecule has 2 rings (SSSR count). The SMILES string of the molecule is CCc1ccc(NC(=O)C(C)(C)C(=O)N(C)CCc2ccncc2)cc1. The van der Waals surface area contributed by atoms with Crippen molar-refractivity contribution in [3.63, 3.8) is 0 Å². The van der Waals surface area contributed by atoms with E-state index in [9.17, 15) is 9.59 Å². The molecular formula is C21H27N3O2. The number of aryl methyl sites for hydroxylation is 1. The molecule has 0 bridgehead atoms. The summed E-state index contributed by atoms with van der Waals surface area (Å²) in [5.74, 6) is -0.503. The number of pyridine rings is 1.